The minimum absolute atomic E-state index is 0.269. The molecular formula is C27H27FN2S. The molecule has 3 heterocycles. The number of fused-ring (bicyclic) bond motifs is 2. The van der Waals surface area contributed by atoms with Crippen LogP contribution in [0, 0.1) is 29.5 Å². The number of aromatic nitrogens is 2. The van der Waals surface area contributed by atoms with Crippen molar-refractivity contribution in [1.82, 2.24) is 9.97 Å². The van der Waals surface area contributed by atoms with Crippen molar-refractivity contribution in [1.29, 1.82) is 0 Å². The molecule has 1 aromatic carbocycles. The van der Waals surface area contributed by atoms with E-state index in [1.807, 2.05) is 24.3 Å². The topological polar surface area (TPSA) is 28.7 Å². The monoisotopic (exact) mass is 430 g/mol. The van der Waals surface area contributed by atoms with Crippen LogP contribution in [0.1, 0.15) is 38.3 Å². The van der Waals surface area contributed by atoms with Gasteiger partial charge in [-0.25, -0.2) is 9.37 Å². The van der Waals surface area contributed by atoms with Crippen LogP contribution in [-0.2, 0) is 6.42 Å². The molecule has 2 nitrogen and oxygen atoms in total. The van der Waals surface area contributed by atoms with Crippen LogP contribution in [0.2, 0.25) is 0 Å². The molecule has 2 fully saturated rings. The molecule has 31 heavy (non-hydrogen) atoms. The molecule has 2 aliphatic rings. The van der Waals surface area contributed by atoms with E-state index in [4.69, 9.17) is 4.98 Å². The quantitative estimate of drug-likeness (QED) is 0.353. The molecule has 0 amide bonds. The van der Waals surface area contributed by atoms with Crippen LogP contribution >= 0.6 is 11.3 Å². The van der Waals surface area contributed by atoms with Crippen LogP contribution in [0.15, 0.2) is 53.2 Å². The maximum absolute atomic E-state index is 14.9. The van der Waals surface area contributed by atoms with E-state index in [0.29, 0.717) is 5.69 Å². The van der Waals surface area contributed by atoms with E-state index in [9.17, 15) is 4.39 Å². The number of H-pyrrole nitrogens is 1. The van der Waals surface area contributed by atoms with E-state index in [2.05, 4.69) is 34.8 Å². The first-order valence-corrected chi connectivity index (χ1v) is 12.4. The number of hydrogen-bond acceptors (Lipinski definition) is 2. The fourth-order valence-electron chi connectivity index (χ4n) is 6.19. The SMILES string of the molecule is CC1CCC2C(Cc3cc4nc(-c5ccc(-c6ccsc6)cc5)c(F)cc4[nH]3)CCC12. The zero-order valence-corrected chi connectivity index (χ0v) is 18.6. The highest BCUT2D eigenvalue weighted by Crippen LogP contribution is 2.51. The lowest BCUT2D eigenvalue weighted by molar-refractivity contribution is 0.322. The molecule has 1 N–H and O–H groups in total. The van der Waals surface area contributed by atoms with E-state index < -0.39 is 0 Å². The average molecular weight is 431 g/mol. The minimum atomic E-state index is -0.269. The van der Waals surface area contributed by atoms with Crippen molar-refractivity contribution in [2.45, 2.75) is 39.0 Å². The molecule has 0 saturated heterocycles. The summed E-state index contributed by atoms with van der Waals surface area (Å²) in [5.41, 5.74) is 6.47. The van der Waals surface area contributed by atoms with Gasteiger partial charge < -0.3 is 4.98 Å². The van der Waals surface area contributed by atoms with Crippen molar-refractivity contribution < 1.29 is 4.39 Å². The standard InChI is InChI=1S/C27H27FN2S/c1-16-2-8-23-19(7-9-22(16)23)12-21-13-25-26(29-21)14-24(28)27(30-25)18-5-3-17(4-6-18)20-10-11-31-15-20/h3-6,10-11,13-16,19,22-23,29H,2,7-9,12H2,1H3. The first-order valence-electron chi connectivity index (χ1n) is 11.5. The van der Waals surface area contributed by atoms with Gasteiger partial charge in [-0.3, -0.25) is 0 Å². The van der Waals surface area contributed by atoms with Gasteiger partial charge in [0.1, 0.15) is 5.69 Å². The summed E-state index contributed by atoms with van der Waals surface area (Å²) in [6.07, 6.45) is 6.55. The first kappa shape index (κ1) is 19.2. The van der Waals surface area contributed by atoms with Gasteiger partial charge in [0, 0.05) is 17.3 Å². The second-order valence-electron chi connectivity index (χ2n) is 9.56. The third-order valence-electron chi connectivity index (χ3n) is 7.82. The van der Waals surface area contributed by atoms with Gasteiger partial charge in [-0.1, -0.05) is 37.6 Å². The number of nitrogens with one attached hydrogen (secondary N) is 1. The van der Waals surface area contributed by atoms with E-state index in [-0.39, 0.29) is 5.82 Å². The molecule has 0 bridgehead atoms. The Bertz CT molecular complexity index is 1210. The van der Waals surface area contributed by atoms with Crippen molar-refractivity contribution in [3.63, 3.8) is 0 Å². The second-order valence-corrected chi connectivity index (χ2v) is 10.3. The molecule has 158 valence electrons. The van der Waals surface area contributed by atoms with Crippen molar-refractivity contribution in [2.75, 3.05) is 0 Å². The summed E-state index contributed by atoms with van der Waals surface area (Å²) < 4.78 is 14.9. The normalized spacial score (nSPS) is 25.4. The number of rotatable bonds is 4. The number of thiophene rings is 1. The van der Waals surface area contributed by atoms with E-state index >= 15 is 0 Å². The van der Waals surface area contributed by atoms with Crippen molar-refractivity contribution in [3.8, 4) is 22.4 Å². The zero-order valence-electron chi connectivity index (χ0n) is 17.8. The molecule has 2 saturated carbocycles. The predicted molar refractivity (Wildman–Crippen MR) is 127 cm³/mol. The van der Waals surface area contributed by atoms with Gasteiger partial charge in [-0.05, 0) is 83.4 Å². The Labute approximate surface area is 186 Å². The van der Waals surface area contributed by atoms with E-state index in [1.165, 1.54) is 36.9 Å². The summed E-state index contributed by atoms with van der Waals surface area (Å²) in [5, 5.41) is 4.20. The van der Waals surface area contributed by atoms with Crippen LogP contribution < -0.4 is 0 Å². The fraction of sp³-hybridized carbons (Fsp3) is 0.370. The molecule has 0 spiro atoms. The van der Waals surface area contributed by atoms with Gasteiger partial charge in [0.2, 0.25) is 0 Å². The average Bonchev–Trinajstić information content (AvgIpc) is 3.55. The van der Waals surface area contributed by atoms with Crippen LogP contribution in [0.25, 0.3) is 33.4 Å². The van der Waals surface area contributed by atoms with Crippen LogP contribution in [0.4, 0.5) is 4.39 Å². The molecule has 4 unspecified atom stereocenters. The van der Waals surface area contributed by atoms with Gasteiger partial charge in [0.05, 0.1) is 11.0 Å². The predicted octanol–water partition coefficient (Wildman–Crippen LogP) is 7.71. The third kappa shape index (κ3) is 3.41. The lowest BCUT2D eigenvalue weighted by Crippen LogP contribution is -2.13. The molecule has 2 aliphatic carbocycles. The number of pyridine rings is 1. The summed E-state index contributed by atoms with van der Waals surface area (Å²) in [6.45, 7) is 2.43. The Kier molecular flexibility index (Phi) is 4.71. The molecule has 4 aromatic rings. The van der Waals surface area contributed by atoms with Crippen LogP contribution in [-0.4, -0.2) is 9.97 Å². The summed E-state index contributed by atoms with van der Waals surface area (Å²) in [4.78, 5) is 8.17. The molecular weight excluding hydrogens is 403 g/mol. The van der Waals surface area contributed by atoms with E-state index in [1.54, 1.807) is 17.4 Å². The number of benzene rings is 1. The summed E-state index contributed by atoms with van der Waals surface area (Å²) in [7, 11) is 0. The van der Waals surface area contributed by atoms with Crippen LogP contribution in [0.5, 0.6) is 0 Å². The first-order chi connectivity index (χ1) is 15.2. The molecule has 3 aromatic heterocycles. The zero-order chi connectivity index (χ0) is 20.9. The Morgan fingerprint density at radius 1 is 0.968 bits per heavy atom. The number of halogens is 1. The minimum Gasteiger partial charge on any atom is -0.357 e. The highest BCUT2D eigenvalue weighted by molar-refractivity contribution is 7.08. The molecule has 6 rings (SSSR count). The number of aromatic amines is 1. The largest absolute Gasteiger partial charge is 0.357 e. The number of nitrogens with zero attached hydrogens (tertiary/aromatic N) is 1. The second kappa shape index (κ2) is 7.59. The van der Waals surface area contributed by atoms with E-state index in [0.717, 1.165) is 52.3 Å². The maximum Gasteiger partial charge on any atom is 0.151 e. The lowest BCUT2D eigenvalue weighted by atomic mass is 9.87. The molecule has 4 heteroatoms. The van der Waals surface area contributed by atoms with Gasteiger partial charge in [-0.2, -0.15) is 11.3 Å². The highest BCUT2D eigenvalue weighted by Gasteiger charge is 2.42. The molecule has 4 atom stereocenters. The van der Waals surface area contributed by atoms with Crippen molar-refractivity contribution >= 4 is 22.4 Å². The Balaban J connectivity index is 1.27. The Morgan fingerprint density at radius 3 is 2.58 bits per heavy atom. The molecule has 0 radical (unpaired) electrons. The Hall–Kier alpha value is -2.46. The Morgan fingerprint density at radius 2 is 1.77 bits per heavy atom. The fourth-order valence-corrected chi connectivity index (χ4v) is 6.86. The van der Waals surface area contributed by atoms with Gasteiger partial charge in [0.25, 0.3) is 0 Å². The van der Waals surface area contributed by atoms with Crippen molar-refractivity contribution in [2.24, 2.45) is 23.7 Å². The van der Waals surface area contributed by atoms with Gasteiger partial charge >= 0.3 is 0 Å². The highest BCUT2D eigenvalue weighted by atomic mass is 32.1. The lowest BCUT2D eigenvalue weighted by Gasteiger charge is -2.18. The summed E-state index contributed by atoms with van der Waals surface area (Å²) in [6, 6.07) is 13.9. The van der Waals surface area contributed by atoms with Gasteiger partial charge in [-0.15, -0.1) is 0 Å². The summed E-state index contributed by atoms with van der Waals surface area (Å²) in [5.74, 6) is 3.19. The van der Waals surface area contributed by atoms with Gasteiger partial charge in [0.15, 0.2) is 5.82 Å². The third-order valence-corrected chi connectivity index (χ3v) is 8.50. The summed E-state index contributed by atoms with van der Waals surface area (Å²) >= 11 is 1.68. The molecule has 0 aliphatic heterocycles. The van der Waals surface area contributed by atoms with Crippen molar-refractivity contribution in [3.05, 3.63) is 64.7 Å². The maximum atomic E-state index is 14.9. The number of hydrogen-bond donors (Lipinski definition) is 1. The smallest absolute Gasteiger partial charge is 0.151 e. The van der Waals surface area contributed by atoms with Crippen LogP contribution in [0.3, 0.4) is 0 Å².